The Hall–Kier alpha value is -2.54. The van der Waals surface area contributed by atoms with Crippen LogP contribution in [0.15, 0.2) is 37.1 Å². The van der Waals surface area contributed by atoms with Gasteiger partial charge in [0.15, 0.2) is 5.65 Å². The Morgan fingerprint density at radius 2 is 1.83 bits per heavy atom. The second kappa shape index (κ2) is 5.92. The monoisotopic (exact) mass is 311 g/mol. The quantitative estimate of drug-likeness (QED) is 0.795. The van der Waals surface area contributed by atoms with Gasteiger partial charge in [0.05, 0.1) is 18.0 Å². The number of fused-ring (bicyclic) bond motifs is 1. The van der Waals surface area contributed by atoms with Crippen molar-refractivity contribution in [3.05, 3.63) is 37.1 Å². The molecule has 23 heavy (non-hydrogen) atoms. The van der Waals surface area contributed by atoms with Crippen molar-refractivity contribution in [2.24, 2.45) is 0 Å². The van der Waals surface area contributed by atoms with Crippen LogP contribution in [-0.4, -0.2) is 41.9 Å². The van der Waals surface area contributed by atoms with Crippen LogP contribution in [0.4, 0.5) is 0 Å². The Labute approximate surface area is 133 Å². The number of imidazole rings is 1. The van der Waals surface area contributed by atoms with Crippen LogP contribution in [0.3, 0.4) is 0 Å². The number of aliphatic hydroxyl groups is 1. The lowest BCUT2D eigenvalue weighted by Gasteiger charge is -2.25. The summed E-state index contributed by atoms with van der Waals surface area (Å²) < 4.78 is 7.71. The summed E-state index contributed by atoms with van der Waals surface area (Å²) in [6, 6.07) is 3.71. The first-order valence-electron chi connectivity index (χ1n) is 7.74. The van der Waals surface area contributed by atoms with Gasteiger partial charge in [0.2, 0.25) is 5.88 Å². The predicted octanol–water partition coefficient (Wildman–Crippen LogP) is 1.87. The highest BCUT2D eigenvalue weighted by Crippen LogP contribution is 2.24. The highest BCUT2D eigenvalue weighted by Gasteiger charge is 2.21. The van der Waals surface area contributed by atoms with Gasteiger partial charge in [-0.25, -0.2) is 19.5 Å². The van der Waals surface area contributed by atoms with Gasteiger partial charge in [0.1, 0.15) is 12.4 Å². The Balaban J connectivity index is 1.62. The van der Waals surface area contributed by atoms with Gasteiger partial charge in [0.25, 0.3) is 0 Å². The van der Waals surface area contributed by atoms with Crippen LogP contribution in [0.2, 0.25) is 0 Å². The molecule has 3 aromatic rings. The molecule has 1 fully saturated rings. The topological polar surface area (TPSA) is 85.4 Å². The van der Waals surface area contributed by atoms with E-state index < -0.39 is 0 Å². The number of hydrogen-bond acceptors (Lipinski definition) is 6. The molecule has 7 heteroatoms. The minimum Gasteiger partial charge on any atom is -0.473 e. The highest BCUT2D eigenvalue weighted by atomic mass is 16.5. The zero-order chi connectivity index (χ0) is 15.6. The minimum atomic E-state index is -0.191. The smallest absolute Gasteiger partial charge is 0.232 e. The molecule has 0 atom stereocenters. The largest absolute Gasteiger partial charge is 0.473 e. The van der Waals surface area contributed by atoms with Crippen LogP contribution >= 0.6 is 0 Å². The van der Waals surface area contributed by atoms with Gasteiger partial charge in [-0.05, 0) is 31.7 Å². The maximum atomic E-state index is 9.57. The second-order valence-corrected chi connectivity index (χ2v) is 5.76. The first-order chi connectivity index (χ1) is 11.3. The summed E-state index contributed by atoms with van der Waals surface area (Å²) >= 11 is 0. The van der Waals surface area contributed by atoms with E-state index in [9.17, 15) is 5.11 Å². The lowest BCUT2D eigenvalue weighted by molar-refractivity contribution is 0.0637. The van der Waals surface area contributed by atoms with E-state index in [0.717, 1.165) is 42.6 Å². The van der Waals surface area contributed by atoms with E-state index in [1.165, 1.54) is 6.33 Å². The molecule has 1 saturated carbocycles. The van der Waals surface area contributed by atoms with Crippen LogP contribution in [0, 0.1) is 0 Å². The molecule has 7 nitrogen and oxygen atoms in total. The highest BCUT2D eigenvalue weighted by molar-refractivity contribution is 5.61. The van der Waals surface area contributed by atoms with Crippen molar-refractivity contribution in [2.45, 2.75) is 37.9 Å². The van der Waals surface area contributed by atoms with E-state index in [0.29, 0.717) is 5.88 Å². The summed E-state index contributed by atoms with van der Waals surface area (Å²) in [5, 5.41) is 14.1. The lowest BCUT2D eigenvalue weighted by Crippen LogP contribution is -2.26. The van der Waals surface area contributed by atoms with Crippen LogP contribution in [0.5, 0.6) is 5.88 Å². The summed E-state index contributed by atoms with van der Waals surface area (Å²) in [7, 11) is 0. The summed E-state index contributed by atoms with van der Waals surface area (Å²) in [5.74, 6) is 0.565. The zero-order valence-electron chi connectivity index (χ0n) is 12.5. The minimum absolute atomic E-state index is 0.107. The third kappa shape index (κ3) is 2.87. The van der Waals surface area contributed by atoms with Gasteiger partial charge in [-0.3, -0.25) is 0 Å². The van der Waals surface area contributed by atoms with E-state index in [-0.39, 0.29) is 12.2 Å². The molecule has 0 radical (unpaired) electrons. The fourth-order valence-corrected chi connectivity index (χ4v) is 2.88. The van der Waals surface area contributed by atoms with Crippen molar-refractivity contribution in [3.63, 3.8) is 0 Å². The predicted molar refractivity (Wildman–Crippen MR) is 82.9 cm³/mol. The first-order valence-corrected chi connectivity index (χ1v) is 7.74. The maximum Gasteiger partial charge on any atom is 0.232 e. The van der Waals surface area contributed by atoms with Crippen molar-refractivity contribution >= 4 is 5.65 Å². The van der Waals surface area contributed by atoms with E-state index in [2.05, 4.69) is 20.1 Å². The number of ether oxygens (including phenoxy) is 1. The molecule has 0 unspecified atom stereocenters. The molecule has 3 heterocycles. The van der Waals surface area contributed by atoms with Gasteiger partial charge in [-0.15, -0.1) is 5.10 Å². The first kappa shape index (κ1) is 14.1. The van der Waals surface area contributed by atoms with E-state index in [4.69, 9.17) is 4.74 Å². The maximum absolute atomic E-state index is 9.57. The molecule has 1 aliphatic carbocycles. The average Bonchev–Trinajstić information content (AvgIpc) is 3.01. The molecule has 0 amide bonds. The number of nitrogens with zero attached hydrogens (tertiary/aromatic N) is 5. The van der Waals surface area contributed by atoms with Crippen molar-refractivity contribution < 1.29 is 9.84 Å². The third-order valence-electron chi connectivity index (χ3n) is 4.13. The molecule has 4 rings (SSSR count). The standard InChI is InChI=1S/C16H17N5O2/c22-12-1-3-13(4-2-12)23-16-6-5-15-19-9-14(21(15)20-16)11-7-17-10-18-8-11/h5-10,12-13,22H,1-4H2/t12-,13-. The van der Waals surface area contributed by atoms with Crippen LogP contribution in [-0.2, 0) is 0 Å². The number of aliphatic hydroxyl groups excluding tert-OH is 1. The molecule has 1 aliphatic rings. The molecule has 0 saturated heterocycles. The molecular weight excluding hydrogens is 294 g/mol. The van der Waals surface area contributed by atoms with Crippen LogP contribution in [0.25, 0.3) is 16.9 Å². The van der Waals surface area contributed by atoms with Gasteiger partial charge in [-0.2, -0.15) is 0 Å². The van der Waals surface area contributed by atoms with Crippen LogP contribution < -0.4 is 4.74 Å². The summed E-state index contributed by atoms with van der Waals surface area (Å²) in [6.07, 6.45) is 9.89. The van der Waals surface area contributed by atoms with E-state index in [1.807, 2.05) is 12.1 Å². The number of hydrogen-bond donors (Lipinski definition) is 1. The van der Waals surface area contributed by atoms with Gasteiger partial charge in [-0.1, -0.05) is 0 Å². The fraction of sp³-hybridized carbons (Fsp3) is 0.375. The molecule has 0 bridgehead atoms. The third-order valence-corrected chi connectivity index (χ3v) is 4.13. The Bertz CT molecular complexity index is 797. The molecule has 118 valence electrons. The molecular formula is C16H17N5O2. The lowest BCUT2D eigenvalue weighted by atomic mass is 9.95. The zero-order valence-corrected chi connectivity index (χ0v) is 12.5. The summed E-state index contributed by atoms with van der Waals surface area (Å²) in [4.78, 5) is 12.4. The van der Waals surface area contributed by atoms with Crippen molar-refractivity contribution in [1.29, 1.82) is 0 Å². The van der Waals surface area contributed by atoms with E-state index in [1.54, 1.807) is 23.1 Å². The second-order valence-electron chi connectivity index (χ2n) is 5.76. The van der Waals surface area contributed by atoms with E-state index >= 15 is 0 Å². The molecule has 0 aromatic carbocycles. The molecule has 1 N–H and O–H groups in total. The van der Waals surface area contributed by atoms with Crippen molar-refractivity contribution in [1.82, 2.24) is 24.6 Å². The molecule has 0 aliphatic heterocycles. The van der Waals surface area contributed by atoms with Crippen molar-refractivity contribution in [3.8, 4) is 17.1 Å². The fourth-order valence-electron chi connectivity index (χ4n) is 2.88. The Kier molecular flexibility index (Phi) is 3.63. The normalized spacial score (nSPS) is 21.4. The Morgan fingerprint density at radius 3 is 2.61 bits per heavy atom. The van der Waals surface area contributed by atoms with Gasteiger partial charge < -0.3 is 9.84 Å². The van der Waals surface area contributed by atoms with Crippen molar-refractivity contribution in [2.75, 3.05) is 0 Å². The SMILES string of the molecule is O[C@H]1CC[C@H](Oc2ccc3ncc(-c4cncnc4)n3n2)CC1. The van der Waals surface area contributed by atoms with Crippen LogP contribution in [0.1, 0.15) is 25.7 Å². The summed E-state index contributed by atoms with van der Waals surface area (Å²) in [5.41, 5.74) is 2.42. The molecule has 3 aromatic heterocycles. The molecule has 0 spiro atoms. The summed E-state index contributed by atoms with van der Waals surface area (Å²) in [6.45, 7) is 0. The van der Waals surface area contributed by atoms with Gasteiger partial charge in [0, 0.05) is 24.0 Å². The Morgan fingerprint density at radius 1 is 1.04 bits per heavy atom. The number of aromatic nitrogens is 5. The average molecular weight is 311 g/mol. The van der Waals surface area contributed by atoms with Gasteiger partial charge >= 0.3 is 0 Å². The number of rotatable bonds is 3.